The minimum Gasteiger partial charge on any atom is -0.396 e. The number of hydrogen-bond donors (Lipinski definition) is 1. The van der Waals surface area contributed by atoms with Crippen molar-refractivity contribution in [2.24, 2.45) is 5.92 Å². The summed E-state index contributed by atoms with van der Waals surface area (Å²) in [5, 5.41) is 9.44. The molecule has 0 amide bonds. The Kier molecular flexibility index (Phi) is 4.00. The normalized spacial score (nSPS) is 21.2. The lowest BCUT2D eigenvalue weighted by molar-refractivity contribution is 0.208. The van der Waals surface area contributed by atoms with Gasteiger partial charge in [-0.1, -0.05) is 0 Å². The summed E-state index contributed by atoms with van der Waals surface area (Å²) < 4.78 is 0.843. The number of anilines is 1. The van der Waals surface area contributed by atoms with Crippen molar-refractivity contribution in [3.05, 3.63) is 16.0 Å². The molecule has 1 fully saturated rings. The molecule has 2 heterocycles. The van der Waals surface area contributed by atoms with Gasteiger partial charge in [-0.15, -0.1) is 0 Å². The molecule has 16 heavy (non-hydrogen) atoms. The summed E-state index contributed by atoms with van der Waals surface area (Å²) in [6.45, 7) is 2.00. The second-order valence-electron chi connectivity index (χ2n) is 3.95. The Balaban J connectivity index is 2.19. The van der Waals surface area contributed by atoms with Gasteiger partial charge in [0.1, 0.15) is 5.82 Å². The van der Waals surface area contributed by atoms with Crippen LogP contribution >= 0.6 is 27.5 Å². The fraction of sp³-hybridized carbons (Fsp3) is 0.600. The van der Waals surface area contributed by atoms with Crippen molar-refractivity contribution in [2.45, 2.75) is 12.8 Å². The topological polar surface area (TPSA) is 49.2 Å². The quantitative estimate of drug-likeness (QED) is 0.850. The number of aliphatic hydroxyl groups excluding tert-OH is 1. The van der Waals surface area contributed by atoms with Crippen molar-refractivity contribution < 1.29 is 5.11 Å². The Labute approximate surface area is 108 Å². The van der Waals surface area contributed by atoms with Gasteiger partial charge in [0.05, 0.1) is 4.47 Å². The highest BCUT2D eigenvalue weighted by Crippen LogP contribution is 2.28. The fourth-order valence-electron chi connectivity index (χ4n) is 1.97. The third-order valence-corrected chi connectivity index (χ3v) is 3.51. The van der Waals surface area contributed by atoms with Gasteiger partial charge < -0.3 is 10.0 Å². The summed E-state index contributed by atoms with van der Waals surface area (Å²) in [5.74, 6) is 1.15. The van der Waals surface area contributed by atoms with Gasteiger partial charge in [-0.05, 0) is 46.3 Å². The Morgan fingerprint density at radius 2 is 2.44 bits per heavy atom. The SMILES string of the molecule is OCC1CCCN(c2nc(Cl)ncc2Br)C1. The first-order valence-corrected chi connectivity index (χ1v) is 6.41. The van der Waals surface area contributed by atoms with Crippen LogP contribution in [0.15, 0.2) is 10.7 Å². The molecular weight excluding hydrogens is 293 g/mol. The van der Waals surface area contributed by atoms with E-state index in [-0.39, 0.29) is 11.9 Å². The molecule has 4 nitrogen and oxygen atoms in total. The average Bonchev–Trinajstić information content (AvgIpc) is 2.32. The van der Waals surface area contributed by atoms with Crippen LogP contribution in [0.3, 0.4) is 0 Å². The molecule has 0 radical (unpaired) electrons. The molecule has 1 N–H and O–H groups in total. The summed E-state index contributed by atoms with van der Waals surface area (Å²) >= 11 is 9.21. The van der Waals surface area contributed by atoms with Crippen molar-refractivity contribution in [3.63, 3.8) is 0 Å². The van der Waals surface area contributed by atoms with Crippen LogP contribution in [0.5, 0.6) is 0 Å². The van der Waals surface area contributed by atoms with Gasteiger partial charge in [-0.3, -0.25) is 0 Å². The number of aromatic nitrogens is 2. The molecule has 0 saturated carbocycles. The van der Waals surface area contributed by atoms with Crippen molar-refractivity contribution in [3.8, 4) is 0 Å². The molecule has 1 saturated heterocycles. The number of hydrogen-bond acceptors (Lipinski definition) is 4. The predicted molar refractivity (Wildman–Crippen MR) is 66.8 cm³/mol. The molecule has 1 aliphatic heterocycles. The summed E-state index contributed by atoms with van der Waals surface area (Å²) in [4.78, 5) is 10.3. The molecule has 2 rings (SSSR count). The number of rotatable bonds is 2. The van der Waals surface area contributed by atoms with Crippen LogP contribution in [-0.2, 0) is 0 Å². The lowest BCUT2D eigenvalue weighted by Crippen LogP contribution is -2.37. The van der Waals surface area contributed by atoms with Crippen LogP contribution in [-0.4, -0.2) is 34.8 Å². The molecule has 1 aromatic rings. The van der Waals surface area contributed by atoms with Crippen molar-refractivity contribution in [1.29, 1.82) is 0 Å². The van der Waals surface area contributed by atoms with Gasteiger partial charge in [0.2, 0.25) is 5.28 Å². The van der Waals surface area contributed by atoms with Crippen LogP contribution in [0.2, 0.25) is 5.28 Å². The summed E-state index contributed by atoms with van der Waals surface area (Å²) in [7, 11) is 0. The molecule has 1 aliphatic rings. The molecule has 1 aromatic heterocycles. The molecule has 0 bridgehead atoms. The highest BCUT2D eigenvalue weighted by Gasteiger charge is 2.22. The van der Waals surface area contributed by atoms with E-state index in [9.17, 15) is 5.11 Å². The minimum atomic E-state index is 0.229. The van der Waals surface area contributed by atoms with Crippen LogP contribution in [0, 0.1) is 5.92 Å². The first-order chi connectivity index (χ1) is 7.70. The molecule has 0 aromatic carbocycles. The Hall–Kier alpha value is -0.390. The van der Waals surface area contributed by atoms with Crippen molar-refractivity contribution in [2.75, 3.05) is 24.6 Å². The smallest absolute Gasteiger partial charge is 0.224 e. The van der Waals surface area contributed by atoms with E-state index in [2.05, 4.69) is 30.8 Å². The third-order valence-electron chi connectivity index (χ3n) is 2.77. The van der Waals surface area contributed by atoms with E-state index in [1.807, 2.05) is 0 Å². The Morgan fingerprint density at radius 1 is 1.62 bits per heavy atom. The van der Waals surface area contributed by atoms with Gasteiger partial charge in [0, 0.05) is 25.9 Å². The predicted octanol–water partition coefficient (Wildman–Crippen LogP) is 2.10. The van der Waals surface area contributed by atoms with E-state index in [0.29, 0.717) is 5.92 Å². The summed E-state index contributed by atoms with van der Waals surface area (Å²) in [5.41, 5.74) is 0. The van der Waals surface area contributed by atoms with E-state index in [1.54, 1.807) is 6.20 Å². The second kappa shape index (κ2) is 5.29. The van der Waals surface area contributed by atoms with Crippen LogP contribution < -0.4 is 4.90 Å². The third kappa shape index (κ3) is 2.64. The first kappa shape index (κ1) is 12.1. The fourth-order valence-corrected chi connectivity index (χ4v) is 2.54. The zero-order valence-electron chi connectivity index (χ0n) is 8.74. The van der Waals surface area contributed by atoms with Crippen LogP contribution in [0.4, 0.5) is 5.82 Å². The number of piperidine rings is 1. The van der Waals surface area contributed by atoms with Gasteiger partial charge in [0.15, 0.2) is 0 Å². The van der Waals surface area contributed by atoms with Gasteiger partial charge in [0.25, 0.3) is 0 Å². The standard InChI is InChI=1S/C10H13BrClN3O/c11-8-4-13-10(12)14-9(8)15-3-1-2-7(5-15)6-16/h4,7,16H,1-3,5-6H2. The molecule has 1 unspecified atom stereocenters. The number of halogens is 2. The molecule has 6 heteroatoms. The molecule has 88 valence electrons. The molecule has 1 atom stereocenters. The molecule has 0 spiro atoms. The highest BCUT2D eigenvalue weighted by molar-refractivity contribution is 9.10. The lowest BCUT2D eigenvalue weighted by atomic mass is 9.99. The minimum absolute atomic E-state index is 0.229. The number of aliphatic hydroxyl groups is 1. The molecule has 0 aliphatic carbocycles. The average molecular weight is 307 g/mol. The largest absolute Gasteiger partial charge is 0.396 e. The van der Waals surface area contributed by atoms with E-state index in [4.69, 9.17) is 11.6 Å². The van der Waals surface area contributed by atoms with Crippen molar-refractivity contribution >= 4 is 33.3 Å². The second-order valence-corrected chi connectivity index (χ2v) is 5.14. The number of nitrogens with zero attached hydrogens (tertiary/aromatic N) is 3. The van der Waals surface area contributed by atoms with Crippen LogP contribution in [0.1, 0.15) is 12.8 Å². The van der Waals surface area contributed by atoms with Gasteiger partial charge in [-0.2, -0.15) is 4.98 Å². The van der Waals surface area contributed by atoms with E-state index < -0.39 is 0 Å². The van der Waals surface area contributed by atoms with E-state index in [0.717, 1.165) is 36.2 Å². The van der Waals surface area contributed by atoms with Gasteiger partial charge in [-0.25, -0.2) is 4.98 Å². The Morgan fingerprint density at radius 3 is 3.19 bits per heavy atom. The summed E-state index contributed by atoms with van der Waals surface area (Å²) in [6.07, 6.45) is 3.80. The zero-order chi connectivity index (χ0) is 11.5. The maximum Gasteiger partial charge on any atom is 0.224 e. The first-order valence-electron chi connectivity index (χ1n) is 5.24. The Bertz CT molecular complexity index is 377. The zero-order valence-corrected chi connectivity index (χ0v) is 11.1. The maximum absolute atomic E-state index is 9.18. The monoisotopic (exact) mass is 305 g/mol. The molecular formula is C10H13BrClN3O. The summed E-state index contributed by atoms with van der Waals surface area (Å²) in [6, 6.07) is 0. The highest BCUT2D eigenvalue weighted by atomic mass is 79.9. The van der Waals surface area contributed by atoms with Crippen LogP contribution in [0.25, 0.3) is 0 Å². The maximum atomic E-state index is 9.18. The van der Waals surface area contributed by atoms with Gasteiger partial charge >= 0.3 is 0 Å². The lowest BCUT2D eigenvalue weighted by Gasteiger charge is -2.33. The van der Waals surface area contributed by atoms with E-state index >= 15 is 0 Å². The van der Waals surface area contributed by atoms with Crippen molar-refractivity contribution in [1.82, 2.24) is 9.97 Å². The van der Waals surface area contributed by atoms with E-state index in [1.165, 1.54) is 0 Å².